The van der Waals surface area contributed by atoms with E-state index in [0.717, 1.165) is 6.42 Å². The molecule has 0 aliphatic heterocycles. The summed E-state index contributed by atoms with van der Waals surface area (Å²) in [4.78, 5) is 24.1. The first-order valence-electron chi connectivity index (χ1n) is 9.56. The van der Waals surface area contributed by atoms with Crippen molar-refractivity contribution in [3.05, 3.63) is 35.9 Å². The van der Waals surface area contributed by atoms with Crippen LogP contribution in [0.2, 0.25) is 0 Å². The molecule has 0 bridgehead atoms. The van der Waals surface area contributed by atoms with Crippen LogP contribution < -0.4 is 5.32 Å². The van der Waals surface area contributed by atoms with Crippen molar-refractivity contribution in [3.8, 4) is 0 Å². The number of carbonyl (C=O) groups excluding carboxylic acids is 2. The molecule has 1 aromatic rings. The van der Waals surface area contributed by atoms with Crippen LogP contribution in [0.15, 0.2) is 30.3 Å². The van der Waals surface area contributed by atoms with E-state index in [4.69, 9.17) is 9.47 Å². The monoisotopic (exact) mass is 399 g/mol. The minimum Gasteiger partial charge on any atom is -0.464 e. The van der Waals surface area contributed by atoms with Crippen LogP contribution >= 0.6 is 0 Å². The number of aliphatic hydroxyl groups excluding tert-OH is 1. The maximum Gasteiger partial charge on any atom is 0.408 e. The van der Waals surface area contributed by atoms with Crippen molar-refractivity contribution in [1.82, 2.24) is 5.32 Å². The Morgan fingerprint density at radius 3 is 2.50 bits per heavy atom. The number of hydrogen-bond donors (Lipinski definition) is 2. The zero-order valence-corrected chi connectivity index (χ0v) is 15.9. The van der Waals surface area contributed by atoms with E-state index in [1.165, 1.54) is 0 Å². The largest absolute Gasteiger partial charge is 0.464 e. The van der Waals surface area contributed by atoms with E-state index in [1.54, 1.807) is 30.3 Å². The van der Waals surface area contributed by atoms with Crippen LogP contribution in [0.4, 0.5) is 13.6 Å². The maximum absolute atomic E-state index is 14.8. The van der Waals surface area contributed by atoms with E-state index >= 15 is 0 Å². The van der Waals surface area contributed by atoms with Crippen LogP contribution in [-0.2, 0) is 20.9 Å². The van der Waals surface area contributed by atoms with Crippen LogP contribution in [0.1, 0.15) is 44.6 Å². The molecule has 0 radical (unpaired) electrons. The molecule has 0 heterocycles. The number of carbonyl (C=O) groups is 2. The number of hydrogen-bond acceptors (Lipinski definition) is 5. The molecule has 2 N–H and O–H groups in total. The molecular weight excluding hydrogens is 372 g/mol. The average Bonchev–Trinajstić information content (AvgIpc) is 2.63. The summed E-state index contributed by atoms with van der Waals surface area (Å²) in [6.07, 6.45) is -0.847. The maximum atomic E-state index is 14.8. The third kappa shape index (κ3) is 5.89. The fraction of sp³-hybridized carbons (Fsp3) is 0.600. The van der Waals surface area contributed by atoms with Gasteiger partial charge < -0.3 is 19.9 Å². The predicted octanol–water partition coefficient (Wildman–Crippen LogP) is 3.42. The zero-order chi connectivity index (χ0) is 20.6. The third-order valence-corrected chi connectivity index (χ3v) is 4.85. The molecule has 8 heteroatoms. The first kappa shape index (κ1) is 22.1. The minimum atomic E-state index is -3.47. The number of benzene rings is 1. The third-order valence-electron chi connectivity index (χ3n) is 4.85. The molecule has 0 spiro atoms. The Hall–Kier alpha value is -2.22. The van der Waals surface area contributed by atoms with Crippen molar-refractivity contribution < 1.29 is 33.0 Å². The van der Waals surface area contributed by atoms with E-state index in [9.17, 15) is 23.5 Å². The van der Waals surface area contributed by atoms with Crippen molar-refractivity contribution in [2.75, 3.05) is 6.61 Å². The van der Waals surface area contributed by atoms with Crippen molar-refractivity contribution in [3.63, 3.8) is 0 Å². The summed E-state index contributed by atoms with van der Waals surface area (Å²) in [7, 11) is 0. The van der Waals surface area contributed by atoms with Crippen LogP contribution in [0, 0.1) is 5.92 Å². The quantitative estimate of drug-likeness (QED) is 0.465. The fourth-order valence-electron chi connectivity index (χ4n) is 2.86. The Balaban J connectivity index is 2.02. The lowest BCUT2D eigenvalue weighted by atomic mass is 9.76. The minimum absolute atomic E-state index is 0.0204. The van der Waals surface area contributed by atoms with Crippen molar-refractivity contribution >= 4 is 12.1 Å². The Morgan fingerprint density at radius 2 is 1.93 bits per heavy atom. The molecule has 1 amide bonds. The van der Waals surface area contributed by atoms with Gasteiger partial charge in [0.05, 0.1) is 6.61 Å². The molecule has 2 atom stereocenters. The number of alkyl halides is 2. The molecule has 6 nitrogen and oxygen atoms in total. The Kier molecular flexibility index (Phi) is 8.17. The highest BCUT2D eigenvalue weighted by Gasteiger charge is 2.54. The molecular formula is C20H27F2NO5. The normalized spacial score (nSPS) is 16.6. The number of nitrogens with one attached hydrogen (secondary N) is 1. The number of esters is 1. The number of unbranched alkanes of at least 4 members (excludes halogenated alkanes) is 1. The van der Waals surface area contributed by atoms with Gasteiger partial charge in [-0.1, -0.05) is 50.1 Å². The molecule has 156 valence electrons. The highest BCUT2D eigenvalue weighted by atomic mass is 19.3. The van der Waals surface area contributed by atoms with Crippen molar-refractivity contribution in [2.45, 2.75) is 63.7 Å². The average molecular weight is 399 g/mol. The van der Waals surface area contributed by atoms with Gasteiger partial charge in [0.1, 0.15) is 12.6 Å². The van der Waals surface area contributed by atoms with Gasteiger partial charge in [-0.05, 0) is 24.8 Å². The standard InChI is InChI=1S/C20H27F2NO5/c1-2-3-12-27-18(25)16(24)17(20(21,22)15-10-7-11-15)23-19(26)28-13-14-8-5-4-6-9-14/h4-6,8-9,15-17,24H,2-3,7,10-13H2,1H3,(H,23,26). The van der Waals surface area contributed by atoms with E-state index in [1.807, 2.05) is 12.2 Å². The van der Waals surface area contributed by atoms with Gasteiger partial charge in [-0.25, -0.2) is 18.4 Å². The lowest BCUT2D eigenvalue weighted by Crippen LogP contribution is -2.60. The second-order valence-corrected chi connectivity index (χ2v) is 6.95. The molecule has 28 heavy (non-hydrogen) atoms. The lowest BCUT2D eigenvalue weighted by molar-refractivity contribution is -0.173. The SMILES string of the molecule is CCCCOC(=O)C(O)C(NC(=O)OCc1ccccc1)C(F)(F)C1CCC1. The van der Waals surface area contributed by atoms with Crippen LogP contribution in [-0.4, -0.2) is 41.8 Å². The van der Waals surface area contributed by atoms with Gasteiger partial charge in [-0.3, -0.25) is 0 Å². The number of rotatable bonds is 10. The van der Waals surface area contributed by atoms with E-state index in [2.05, 4.69) is 0 Å². The van der Waals surface area contributed by atoms with Crippen LogP contribution in [0.5, 0.6) is 0 Å². The zero-order valence-electron chi connectivity index (χ0n) is 15.9. The smallest absolute Gasteiger partial charge is 0.408 e. The number of aliphatic hydroxyl groups is 1. The second kappa shape index (κ2) is 10.4. The molecule has 1 aliphatic rings. The number of ether oxygens (including phenoxy) is 2. The molecule has 1 fully saturated rings. The number of amides is 1. The number of halogens is 2. The van der Waals surface area contributed by atoms with Gasteiger partial charge in [0.25, 0.3) is 5.92 Å². The molecule has 2 unspecified atom stereocenters. The van der Waals surface area contributed by atoms with Crippen molar-refractivity contribution in [1.29, 1.82) is 0 Å². The first-order chi connectivity index (χ1) is 13.4. The summed E-state index contributed by atoms with van der Waals surface area (Å²) < 4.78 is 39.5. The highest BCUT2D eigenvalue weighted by Crippen LogP contribution is 2.42. The van der Waals surface area contributed by atoms with Gasteiger partial charge in [0.15, 0.2) is 6.10 Å². The van der Waals surface area contributed by atoms with Gasteiger partial charge in [0.2, 0.25) is 0 Å². The molecule has 1 aliphatic carbocycles. The summed E-state index contributed by atoms with van der Waals surface area (Å²) in [6.45, 7) is 1.78. The van der Waals surface area contributed by atoms with Gasteiger partial charge >= 0.3 is 12.1 Å². The topological polar surface area (TPSA) is 84.9 Å². The molecule has 2 rings (SSSR count). The lowest BCUT2D eigenvalue weighted by Gasteiger charge is -2.39. The Labute approximate surface area is 163 Å². The van der Waals surface area contributed by atoms with E-state index < -0.39 is 36.0 Å². The second-order valence-electron chi connectivity index (χ2n) is 6.95. The Morgan fingerprint density at radius 1 is 1.25 bits per heavy atom. The predicted molar refractivity (Wildman–Crippen MR) is 97.7 cm³/mol. The molecule has 0 aromatic heterocycles. The summed E-state index contributed by atoms with van der Waals surface area (Å²) in [5.41, 5.74) is 0.680. The van der Waals surface area contributed by atoms with Gasteiger partial charge in [-0.15, -0.1) is 0 Å². The van der Waals surface area contributed by atoms with Crippen molar-refractivity contribution in [2.24, 2.45) is 5.92 Å². The summed E-state index contributed by atoms with van der Waals surface area (Å²) >= 11 is 0. The molecule has 1 saturated carbocycles. The first-order valence-corrected chi connectivity index (χ1v) is 9.56. The van der Waals surface area contributed by atoms with Gasteiger partial charge in [-0.2, -0.15) is 0 Å². The molecule has 0 saturated heterocycles. The van der Waals surface area contributed by atoms with Gasteiger partial charge in [0, 0.05) is 5.92 Å². The summed E-state index contributed by atoms with van der Waals surface area (Å²) in [5.74, 6) is -5.65. The summed E-state index contributed by atoms with van der Waals surface area (Å²) in [6, 6.07) is 6.61. The Bertz CT molecular complexity index is 637. The van der Waals surface area contributed by atoms with E-state index in [0.29, 0.717) is 18.4 Å². The van der Waals surface area contributed by atoms with Crippen LogP contribution in [0.3, 0.4) is 0 Å². The van der Waals surface area contributed by atoms with E-state index in [-0.39, 0.29) is 26.1 Å². The fourth-order valence-corrected chi connectivity index (χ4v) is 2.86. The van der Waals surface area contributed by atoms with Crippen LogP contribution in [0.25, 0.3) is 0 Å². The highest BCUT2D eigenvalue weighted by molar-refractivity contribution is 5.77. The number of alkyl carbamates (subject to hydrolysis) is 1. The summed E-state index contributed by atoms with van der Waals surface area (Å²) in [5, 5.41) is 12.2. The molecule has 1 aromatic carbocycles.